The number of allylic oxidation sites excluding steroid dienone is 1. The number of aromatic nitrogens is 2. The van der Waals surface area contributed by atoms with Crippen molar-refractivity contribution in [3.05, 3.63) is 46.2 Å². The van der Waals surface area contributed by atoms with E-state index in [1.807, 2.05) is 24.3 Å². The van der Waals surface area contributed by atoms with Crippen LogP contribution in [-0.4, -0.2) is 31.3 Å². The van der Waals surface area contributed by atoms with E-state index in [-0.39, 0.29) is 0 Å². The fourth-order valence-electron chi connectivity index (χ4n) is 2.58. The number of nitrogens with one attached hydrogen (secondary N) is 1. The third kappa shape index (κ3) is 3.37. The summed E-state index contributed by atoms with van der Waals surface area (Å²) in [7, 11) is 4.74. The Labute approximate surface area is 159 Å². The fraction of sp³-hybridized carbons (Fsp3) is 0.158. The van der Waals surface area contributed by atoms with Crippen LogP contribution in [0.1, 0.15) is 11.4 Å². The minimum atomic E-state index is 0.402. The van der Waals surface area contributed by atoms with E-state index in [9.17, 15) is 5.26 Å². The highest BCUT2D eigenvalue weighted by Crippen LogP contribution is 2.37. The quantitative estimate of drug-likeness (QED) is 0.626. The van der Waals surface area contributed by atoms with Crippen molar-refractivity contribution in [2.75, 3.05) is 21.3 Å². The number of aromatic amines is 1. The van der Waals surface area contributed by atoms with E-state index in [0.29, 0.717) is 22.9 Å². The van der Waals surface area contributed by atoms with Gasteiger partial charge >= 0.3 is 0 Å². The van der Waals surface area contributed by atoms with Crippen LogP contribution in [0.5, 0.6) is 17.2 Å². The largest absolute Gasteiger partial charge is 0.497 e. The van der Waals surface area contributed by atoms with Crippen molar-refractivity contribution >= 4 is 38.6 Å². The highest BCUT2D eigenvalue weighted by atomic mass is 79.9. The van der Waals surface area contributed by atoms with Crippen LogP contribution in [0.15, 0.2) is 34.8 Å². The Bertz CT molecular complexity index is 1030. The molecule has 132 valence electrons. The normalized spacial score (nSPS) is 11.3. The molecule has 0 unspecified atom stereocenters. The van der Waals surface area contributed by atoms with Gasteiger partial charge < -0.3 is 19.2 Å². The molecule has 1 aromatic heterocycles. The van der Waals surface area contributed by atoms with E-state index in [2.05, 4.69) is 32.0 Å². The van der Waals surface area contributed by atoms with Crippen molar-refractivity contribution in [1.29, 1.82) is 5.26 Å². The predicted molar refractivity (Wildman–Crippen MR) is 103 cm³/mol. The van der Waals surface area contributed by atoms with Gasteiger partial charge in [-0.15, -0.1) is 0 Å². The smallest absolute Gasteiger partial charge is 0.174 e. The van der Waals surface area contributed by atoms with Gasteiger partial charge in [-0.05, 0) is 51.8 Å². The van der Waals surface area contributed by atoms with Gasteiger partial charge in [-0.1, -0.05) is 0 Å². The van der Waals surface area contributed by atoms with E-state index < -0.39 is 0 Å². The summed E-state index contributed by atoms with van der Waals surface area (Å²) in [5.41, 5.74) is 2.74. The number of ether oxygens (including phenoxy) is 3. The summed E-state index contributed by atoms with van der Waals surface area (Å²) in [5.74, 6) is 2.37. The molecule has 0 spiro atoms. The Morgan fingerprint density at radius 2 is 1.96 bits per heavy atom. The lowest BCUT2D eigenvalue weighted by atomic mass is 10.1. The molecule has 0 fully saturated rings. The predicted octanol–water partition coefficient (Wildman–Crippen LogP) is 4.42. The van der Waals surface area contributed by atoms with Crippen LogP contribution in [-0.2, 0) is 0 Å². The molecule has 1 heterocycles. The molecule has 0 radical (unpaired) electrons. The number of rotatable bonds is 5. The van der Waals surface area contributed by atoms with Crippen molar-refractivity contribution < 1.29 is 14.2 Å². The average Bonchev–Trinajstić information content (AvgIpc) is 3.08. The zero-order valence-electron chi connectivity index (χ0n) is 14.5. The lowest BCUT2D eigenvalue weighted by Crippen LogP contribution is -1.93. The molecule has 0 saturated carbocycles. The number of imidazole rings is 1. The van der Waals surface area contributed by atoms with Crippen LogP contribution in [0.2, 0.25) is 0 Å². The molecular weight excluding hydrogens is 398 g/mol. The fourth-order valence-corrected chi connectivity index (χ4v) is 3.21. The van der Waals surface area contributed by atoms with Gasteiger partial charge in [-0.3, -0.25) is 0 Å². The molecule has 6 nitrogen and oxygen atoms in total. The second kappa shape index (κ2) is 7.50. The van der Waals surface area contributed by atoms with E-state index >= 15 is 0 Å². The molecule has 1 N–H and O–H groups in total. The summed E-state index contributed by atoms with van der Waals surface area (Å²) >= 11 is 3.46. The molecule has 7 heteroatoms. The monoisotopic (exact) mass is 413 g/mol. The van der Waals surface area contributed by atoms with Crippen molar-refractivity contribution in [2.24, 2.45) is 0 Å². The number of methoxy groups -OCH3 is 3. The van der Waals surface area contributed by atoms with Crippen molar-refractivity contribution in [3.63, 3.8) is 0 Å². The molecular formula is C19H16BrN3O3. The minimum absolute atomic E-state index is 0.402. The molecule has 26 heavy (non-hydrogen) atoms. The summed E-state index contributed by atoms with van der Waals surface area (Å²) in [6, 6.07) is 11.4. The van der Waals surface area contributed by atoms with Gasteiger partial charge in [-0.25, -0.2) is 4.98 Å². The SMILES string of the molecule is COc1ccc2nc(/C(C#N)=C/c3cc(Br)c(OC)c(OC)c3)[nH]c2c1. The Morgan fingerprint density at radius 1 is 1.15 bits per heavy atom. The standard InChI is InChI=1S/C19H16BrN3O3/c1-24-13-4-5-15-16(9-13)23-19(22-15)12(10-21)6-11-7-14(20)18(26-3)17(8-11)25-2/h4-9H,1-3H3,(H,22,23)/b12-6+. The molecule has 2 aromatic carbocycles. The van der Waals surface area contributed by atoms with Gasteiger partial charge in [0, 0.05) is 6.07 Å². The Morgan fingerprint density at radius 3 is 2.62 bits per heavy atom. The van der Waals surface area contributed by atoms with E-state index in [4.69, 9.17) is 14.2 Å². The molecule has 3 rings (SSSR count). The van der Waals surface area contributed by atoms with Crippen LogP contribution < -0.4 is 14.2 Å². The zero-order chi connectivity index (χ0) is 18.7. The van der Waals surface area contributed by atoms with Crippen molar-refractivity contribution in [3.8, 4) is 23.3 Å². The topological polar surface area (TPSA) is 80.2 Å². The molecule has 3 aromatic rings. The van der Waals surface area contributed by atoms with Crippen molar-refractivity contribution in [2.45, 2.75) is 0 Å². The van der Waals surface area contributed by atoms with E-state index in [1.54, 1.807) is 33.5 Å². The van der Waals surface area contributed by atoms with Crippen LogP contribution in [0, 0.1) is 11.3 Å². The van der Waals surface area contributed by atoms with Gasteiger partial charge in [0.05, 0.1) is 42.4 Å². The van der Waals surface area contributed by atoms with E-state index in [1.165, 1.54) is 0 Å². The number of fused-ring (bicyclic) bond motifs is 1. The first-order valence-electron chi connectivity index (χ1n) is 7.67. The number of halogens is 1. The highest BCUT2D eigenvalue weighted by molar-refractivity contribution is 9.10. The molecule has 0 bridgehead atoms. The Hall–Kier alpha value is -2.98. The second-order valence-corrected chi connectivity index (χ2v) is 6.23. The van der Waals surface area contributed by atoms with Crippen LogP contribution in [0.25, 0.3) is 22.7 Å². The third-order valence-electron chi connectivity index (χ3n) is 3.83. The minimum Gasteiger partial charge on any atom is -0.497 e. The van der Waals surface area contributed by atoms with Crippen LogP contribution >= 0.6 is 15.9 Å². The summed E-state index contributed by atoms with van der Waals surface area (Å²) < 4.78 is 16.6. The Balaban J connectivity index is 2.06. The van der Waals surface area contributed by atoms with Gasteiger partial charge in [0.15, 0.2) is 11.5 Å². The molecule has 0 aliphatic rings. The first kappa shape index (κ1) is 17.8. The third-order valence-corrected chi connectivity index (χ3v) is 4.42. The van der Waals surface area contributed by atoms with Crippen LogP contribution in [0.4, 0.5) is 0 Å². The number of H-pyrrole nitrogens is 1. The number of benzene rings is 2. The number of hydrogen-bond donors (Lipinski definition) is 1. The number of nitriles is 1. The zero-order valence-corrected chi connectivity index (χ0v) is 16.0. The lowest BCUT2D eigenvalue weighted by molar-refractivity contribution is 0.353. The first-order valence-corrected chi connectivity index (χ1v) is 8.46. The summed E-state index contributed by atoms with van der Waals surface area (Å²) in [6.07, 6.45) is 1.74. The number of hydrogen-bond acceptors (Lipinski definition) is 5. The maximum atomic E-state index is 9.59. The maximum absolute atomic E-state index is 9.59. The highest BCUT2D eigenvalue weighted by Gasteiger charge is 2.12. The second-order valence-electron chi connectivity index (χ2n) is 5.38. The summed E-state index contributed by atoms with van der Waals surface area (Å²) in [6.45, 7) is 0. The summed E-state index contributed by atoms with van der Waals surface area (Å²) in [4.78, 5) is 7.64. The molecule has 0 aliphatic heterocycles. The van der Waals surface area contributed by atoms with Gasteiger partial charge in [0.2, 0.25) is 0 Å². The molecule has 0 atom stereocenters. The van der Waals surface area contributed by atoms with Gasteiger partial charge in [-0.2, -0.15) is 5.26 Å². The van der Waals surface area contributed by atoms with Gasteiger partial charge in [0.1, 0.15) is 17.6 Å². The molecule has 0 amide bonds. The van der Waals surface area contributed by atoms with Crippen LogP contribution in [0.3, 0.4) is 0 Å². The van der Waals surface area contributed by atoms with Crippen molar-refractivity contribution in [1.82, 2.24) is 9.97 Å². The Kier molecular flexibility index (Phi) is 5.14. The molecule has 0 saturated heterocycles. The van der Waals surface area contributed by atoms with Gasteiger partial charge in [0.25, 0.3) is 0 Å². The lowest BCUT2D eigenvalue weighted by Gasteiger charge is -2.10. The van der Waals surface area contributed by atoms with E-state index in [0.717, 1.165) is 26.8 Å². The number of nitrogens with zero attached hydrogens (tertiary/aromatic N) is 2. The molecule has 0 aliphatic carbocycles. The average molecular weight is 414 g/mol. The summed E-state index contributed by atoms with van der Waals surface area (Å²) in [5, 5.41) is 9.59. The maximum Gasteiger partial charge on any atom is 0.174 e. The first-order chi connectivity index (χ1) is 12.6.